The molecule has 22 heavy (non-hydrogen) atoms. The van der Waals surface area contributed by atoms with Crippen molar-refractivity contribution in [3.63, 3.8) is 0 Å². The summed E-state index contributed by atoms with van der Waals surface area (Å²) in [5.74, 6) is -0.984. The molecule has 5 nitrogen and oxygen atoms in total. The van der Waals surface area contributed by atoms with Gasteiger partial charge in [-0.15, -0.1) is 0 Å². The summed E-state index contributed by atoms with van der Waals surface area (Å²) < 4.78 is 0. The Morgan fingerprint density at radius 1 is 1.27 bits per heavy atom. The number of rotatable bonds is 7. The molecule has 2 aromatic rings. The van der Waals surface area contributed by atoms with Gasteiger partial charge in [0.15, 0.2) is 0 Å². The highest BCUT2D eigenvalue weighted by Crippen LogP contribution is 2.19. The van der Waals surface area contributed by atoms with E-state index >= 15 is 0 Å². The van der Waals surface area contributed by atoms with Crippen molar-refractivity contribution in [2.45, 2.75) is 39.2 Å². The number of aliphatic carboxylic acids is 1. The van der Waals surface area contributed by atoms with Gasteiger partial charge in [0.05, 0.1) is 0 Å². The van der Waals surface area contributed by atoms with Crippen LogP contribution in [0.5, 0.6) is 0 Å². The van der Waals surface area contributed by atoms with E-state index in [2.05, 4.69) is 10.3 Å². The van der Waals surface area contributed by atoms with Crippen molar-refractivity contribution >= 4 is 22.8 Å². The van der Waals surface area contributed by atoms with Gasteiger partial charge in [0.25, 0.3) is 0 Å². The van der Waals surface area contributed by atoms with E-state index in [0.717, 1.165) is 16.5 Å². The lowest BCUT2D eigenvalue weighted by Crippen LogP contribution is -2.41. The highest BCUT2D eigenvalue weighted by Gasteiger charge is 2.20. The SMILES string of the molecule is CC(C)C[C@H](NC(=O)CCc1c[nH]c2ccccc12)C(=O)O. The summed E-state index contributed by atoms with van der Waals surface area (Å²) >= 11 is 0. The third-order valence-electron chi connectivity index (χ3n) is 3.64. The Kier molecular flexibility index (Phi) is 5.20. The van der Waals surface area contributed by atoms with Crippen LogP contribution in [0.2, 0.25) is 0 Å². The minimum Gasteiger partial charge on any atom is -0.480 e. The van der Waals surface area contributed by atoms with E-state index in [9.17, 15) is 9.59 Å². The van der Waals surface area contributed by atoms with Crippen LogP contribution < -0.4 is 5.32 Å². The maximum absolute atomic E-state index is 12.0. The first-order valence-corrected chi connectivity index (χ1v) is 7.54. The van der Waals surface area contributed by atoms with E-state index in [1.807, 2.05) is 44.3 Å². The number of benzene rings is 1. The summed E-state index contributed by atoms with van der Waals surface area (Å²) in [4.78, 5) is 26.3. The van der Waals surface area contributed by atoms with E-state index in [0.29, 0.717) is 12.8 Å². The fourth-order valence-electron chi connectivity index (χ4n) is 2.55. The Bertz CT molecular complexity index is 661. The van der Waals surface area contributed by atoms with Gasteiger partial charge in [-0.05, 0) is 30.4 Å². The zero-order chi connectivity index (χ0) is 16.1. The minimum absolute atomic E-state index is 0.218. The minimum atomic E-state index is -0.978. The number of hydrogen-bond acceptors (Lipinski definition) is 2. The van der Waals surface area contributed by atoms with Gasteiger partial charge >= 0.3 is 5.97 Å². The molecule has 1 atom stereocenters. The number of carbonyl (C=O) groups is 2. The van der Waals surface area contributed by atoms with Gasteiger partial charge in [-0.3, -0.25) is 4.79 Å². The monoisotopic (exact) mass is 302 g/mol. The van der Waals surface area contributed by atoms with Crippen LogP contribution in [-0.2, 0) is 16.0 Å². The highest BCUT2D eigenvalue weighted by atomic mass is 16.4. The molecule has 3 N–H and O–H groups in total. The van der Waals surface area contributed by atoms with E-state index in [4.69, 9.17) is 5.11 Å². The molecule has 0 saturated heterocycles. The van der Waals surface area contributed by atoms with Crippen molar-refractivity contribution < 1.29 is 14.7 Å². The molecular formula is C17H22N2O3. The number of aryl methyl sites for hydroxylation is 1. The predicted octanol–water partition coefficient (Wildman–Crippen LogP) is 2.72. The number of H-pyrrole nitrogens is 1. The van der Waals surface area contributed by atoms with Gasteiger partial charge < -0.3 is 15.4 Å². The van der Waals surface area contributed by atoms with Crippen LogP contribution in [0.25, 0.3) is 10.9 Å². The number of para-hydroxylation sites is 1. The molecule has 118 valence electrons. The van der Waals surface area contributed by atoms with E-state index in [1.165, 1.54) is 0 Å². The third kappa shape index (κ3) is 4.10. The Morgan fingerprint density at radius 2 is 2.00 bits per heavy atom. The zero-order valence-electron chi connectivity index (χ0n) is 12.9. The van der Waals surface area contributed by atoms with Gasteiger partial charge in [0.2, 0.25) is 5.91 Å². The predicted molar refractivity (Wildman–Crippen MR) is 85.6 cm³/mol. The molecule has 1 heterocycles. The van der Waals surface area contributed by atoms with E-state index in [1.54, 1.807) is 0 Å². The molecule has 0 unspecified atom stereocenters. The number of carbonyl (C=O) groups excluding carboxylic acids is 1. The van der Waals surface area contributed by atoms with Crippen LogP contribution in [0.3, 0.4) is 0 Å². The van der Waals surface area contributed by atoms with Crippen molar-refractivity contribution in [3.05, 3.63) is 36.0 Å². The molecule has 0 fully saturated rings. The topological polar surface area (TPSA) is 82.2 Å². The third-order valence-corrected chi connectivity index (χ3v) is 3.64. The summed E-state index contributed by atoms with van der Waals surface area (Å²) in [7, 11) is 0. The number of aromatic nitrogens is 1. The molecule has 0 aliphatic heterocycles. The van der Waals surface area contributed by atoms with Crippen LogP contribution in [0.15, 0.2) is 30.5 Å². The number of aromatic amines is 1. The fourth-order valence-corrected chi connectivity index (χ4v) is 2.55. The zero-order valence-corrected chi connectivity index (χ0v) is 12.9. The number of hydrogen-bond donors (Lipinski definition) is 3. The molecule has 0 aliphatic rings. The normalized spacial score (nSPS) is 12.5. The molecule has 0 radical (unpaired) electrons. The average molecular weight is 302 g/mol. The summed E-state index contributed by atoms with van der Waals surface area (Å²) in [6.07, 6.45) is 3.21. The number of carboxylic acids is 1. The molecule has 0 saturated carbocycles. The summed E-state index contributed by atoms with van der Waals surface area (Å²) in [6, 6.07) is 7.11. The lowest BCUT2D eigenvalue weighted by molar-refractivity contribution is -0.142. The van der Waals surface area contributed by atoms with E-state index < -0.39 is 12.0 Å². The van der Waals surface area contributed by atoms with Crippen LogP contribution in [0, 0.1) is 5.92 Å². The van der Waals surface area contributed by atoms with Crippen LogP contribution in [0.4, 0.5) is 0 Å². The first kappa shape index (κ1) is 16.1. The van der Waals surface area contributed by atoms with Gasteiger partial charge in [0, 0.05) is 23.5 Å². The second-order valence-electron chi connectivity index (χ2n) is 5.95. The maximum Gasteiger partial charge on any atom is 0.326 e. The van der Waals surface area contributed by atoms with Gasteiger partial charge in [-0.25, -0.2) is 4.79 Å². The smallest absolute Gasteiger partial charge is 0.326 e. The number of amides is 1. The standard InChI is InChI=1S/C17H22N2O3/c1-11(2)9-15(17(21)22)19-16(20)8-7-12-10-18-14-6-4-3-5-13(12)14/h3-6,10-11,15,18H,7-9H2,1-2H3,(H,19,20)(H,21,22)/t15-/m0/s1. The van der Waals surface area contributed by atoms with Crippen molar-refractivity contribution in [1.29, 1.82) is 0 Å². The first-order valence-electron chi connectivity index (χ1n) is 7.54. The summed E-state index contributed by atoms with van der Waals surface area (Å²) in [5.41, 5.74) is 2.11. The van der Waals surface area contributed by atoms with Gasteiger partial charge in [-0.2, -0.15) is 0 Å². The fraction of sp³-hybridized carbons (Fsp3) is 0.412. The average Bonchev–Trinajstić information content (AvgIpc) is 2.87. The van der Waals surface area contributed by atoms with Gasteiger partial charge in [-0.1, -0.05) is 32.0 Å². The van der Waals surface area contributed by atoms with Crippen molar-refractivity contribution in [1.82, 2.24) is 10.3 Å². The molecule has 1 aromatic carbocycles. The molecule has 2 rings (SSSR count). The second kappa shape index (κ2) is 7.11. The molecule has 1 amide bonds. The lowest BCUT2D eigenvalue weighted by Gasteiger charge is -2.16. The van der Waals surface area contributed by atoms with Crippen molar-refractivity contribution in [2.24, 2.45) is 5.92 Å². The molecule has 1 aromatic heterocycles. The van der Waals surface area contributed by atoms with E-state index in [-0.39, 0.29) is 18.2 Å². The highest BCUT2D eigenvalue weighted by molar-refractivity contribution is 5.85. The van der Waals surface area contributed by atoms with Crippen LogP contribution in [-0.4, -0.2) is 28.0 Å². The second-order valence-corrected chi connectivity index (χ2v) is 5.95. The van der Waals surface area contributed by atoms with Gasteiger partial charge in [0.1, 0.15) is 6.04 Å². The van der Waals surface area contributed by atoms with Crippen molar-refractivity contribution in [2.75, 3.05) is 0 Å². The quantitative estimate of drug-likeness (QED) is 0.735. The van der Waals surface area contributed by atoms with Crippen LogP contribution in [0.1, 0.15) is 32.3 Å². The Labute approximate surface area is 129 Å². The maximum atomic E-state index is 12.0. The summed E-state index contributed by atoms with van der Waals surface area (Å²) in [6.45, 7) is 3.88. The molecular weight excluding hydrogens is 280 g/mol. The molecule has 0 aliphatic carbocycles. The largest absolute Gasteiger partial charge is 0.480 e. The first-order chi connectivity index (χ1) is 10.5. The Hall–Kier alpha value is -2.30. The van der Waals surface area contributed by atoms with Crippen molar-refractivity contribution in [3.8, 4) is 0 Å². The number of fused-ring (bicyclic) bond motifs is 1. The molecule has 0 spiro atoms. The molecule has 5 heteroatoms. The lowest BCUT2D eigenvalue weighted by atomic mass is 10.0. The Balaban J connectivity index is 1.93. The molecule has 0 bridgehead atoms. The van der Waals surface area contributed by atoms with Crippen LogP contribution >= 0.6 is 0 Å². The number of nitrogens with one attached hydrogen (secondary N) is 2. The summed E-state index contributed by atoms with van der Waals surface area (Å²) in [5, 5.41) is 12.9. The Morgan fingerprint density at radius 3 is 2.68 bits per heavy atom. The number of carboxylic acid groups (broad SMARTS) is 1.